The zero-order valence-corrected chi connectivity index (χ0v) is 13.5. The first kappa shape index (κ1) is 16.4. The Balaban J connectivity index is 2.04. The minimum Gasteiger partial charge on any atom is -0.504 e. The smallest absolute Gasteiger partial charge is 0.315 e. The maximum atomic E-state index is 11.0. The van der Waals surface area contributed by atoms with E-state index in [0.29, 0.717) is 0 Å². The molecule has 0 aliphatic carbocycles. The second-order valence-corrected chi connectivity index (χ2v) is 5.95. The molecule has 0 amide bonds. The van der Waals surface area contributed by atoms with E-state index in [1.807, 2.05) is 44.2 Å². The monoisotopic (exact) mass is 341 g/mol. The van der Waals surface area contributed by atoms with Gasteiger partial charge >= 0.3 is 5.69 Å². The molecule has 2 N–H and O–H groups in total. The Morgan fingerprint density at radius 1 is 1.16 bits per heavy atom. The van der Waals surface area contributed by atoms with Crippen LogP contribution >= 0.6 is 0 Å². The van der Waals surface area contributed by atoms with E-state index in [1.165, 1.54) is 4.80 Å². The normalized spacial score (nSPS) is 11.4. The maximum absolute atomic E-state index is 11.0. The van der Waals surface area contributed by atoms with Crippen molar-refractivity contribution >= 4 is 5.69 Å². The van der Waals surface area contributed by atoms with E-state index in [1.54, 1.807) is 0 Å². The summed E-state index contributed by atoms with van der Waals surface area (Å²) in [6.07, 6.45) is 0. The standard InChI is InChI=1S/C16H15N5O4/c1-16(2,11-6-4-3-5-7-11)21-18-15(17-19-21)10-8-12(20(24)25)14(23)13(22)9-10/h3-9,22-23H,1-2H3. The molecule has 3 rings (SSSR count). The Morgan fingerprint density at radius 2 is 1.84 bits per heavy atom. The van der Waals surface area contributed by atoms with E-state index in [2.05, 4.69) is 15.4 Å². The molecule has 9 heteroatoms. The molecule has 0 unspecified atom stereocenters. The topological polar surface area (TPSA) is 127 Å². The molecule has 0 saturated heterocycles. The molecule has 25 heavy (non-hydrogen) atoms. The highest BCUT2D eigenvalue weighted by molar-refractivity contribution is 5.67. The fraction of sp³-hybridized carbons (Fsp3) is 0.188. The van der Waals surface area contributed by atoms with E-state index in [9.17, 15) is 20.3 Å². The molecule has 2 aromatic carbocycles. The second-order valence-electron chi connectivity index (χ2n) is 5.95. The van der Waals surface area contributed by atoms with Crippen molar-refractivity contribution in [1.29, 1.82) is 0 Å². The van der Waals surface area contributed by atoms with Crippen molar-refractivity contribution in [2.24, 2.45) is 0 Å². The molecule has 0 aliphatic rings. The highest BCUT2D eigenvalue weighted by Gasteiger charge is 2.27. The average Bonchev–Trinajstić information content (AvgIpc) is 3.08. The molecule has 1 heterocycles. The second kappa shape index (κ2) is 5.86. The molecule has 0 atom stereocenters. The Kier molecular flexibility index (Phi) is 3.84. The largest absolute Gasteiger partial charge is 0.504 e. The minimum absolute atomic E-state index is 0.0995. The lowest BCUT2D eigenvalue weighted by Gasteiger charge is -2.23. The molecule has 0 bridgehead atoms. The summed E-state index contributed by atoms with van der Waals surface area (Å²) in [6.45, 7) is 3.81. The van der Waals surface area contributed by atoms with E-state index < -0.39 is 27.6 Å². The van der Waals surface area contributed by atoms with Gasteiger partial charge in [0.2, 0.25) is 11.6 Å². The third-order valence-corrected chi connectivity index (χ3v) is 3.92. The highest BCUT2D eigenvalue weighted by atomic mass is 16.6. The van der Waals surface area contributed by atoms with Gasteiger partial charge in [-0.05, 0) is 30.7 Å². The molecule has 0 aliphatic heterocycles. The van der Waals surface area contributed by atoms with Gasteiger partial charge in [-0.25, -0.2) is 0 Å². The molecule has 3 aromatic rings. The average molecular weight is 341 g/mol. The number of nitro groups is 1. The summed E-state index contributed by atoms with van der Waals surface area (Å²) in [5.41, 5.74) is -0.0958. The van der Waals surface area contributed by atoms with Gasteiger partial charge in [0.15, 0.2) is 5.75 Å². The lowest BCUT2D eigenvalue weighted by molar-refractivity contribution is -0.385. The van der Waals surface area contributed by atoms with Crippen LogP contribution in [0.5, 0.6) is 11.5 Å². The number of phenolic OH excluding ortho intramolecular Hbond substituents is 2. The van der Waals surface area contributed by atoms with Gasteiger partial charge in [-0.3, -0.25) is 10.1 Å². The molecule has 128 valence electrons. The number of rotatable bonds is 4. The minimum atomic E-state index is -0.800. The third kappa shape index (κ3) is 2.87. The first-order valence-corrected chi connectivity index (χ1v) is 7.37. The fourth-order valence-electron chi connectivity index (χ4n) is 2.40. The number of nitro benzene ring substituents is 1. The molecule has 0 spiro atoms. The summed E-state index contributed by atoms with van der Waals surface area (Å²) >= 11 is 0. The van der Waals surface area contributed by atoms with Crippen LogP contribution in [0.4, 0.5) is 5.69 Å². The molecular formula is C16H15N5O4. The summed E-state index contributed by atoms with van der Waals surface area (Å²) in [5.74, 6) is -1.32. The lowest BCUT2D eigenvalue weighted by Crippen LogP contribution is -2.30. The Morgan fingerprint density at radius 3 is 2.48 bits per heavy atom. The van der Waals surface area contributed by atoms with Crippen LogP contribution in [0.15, 0.2) is 42.5 Å². The Hall–Kier alpha value is -3.49. The van der Waals surface area contributed by atoms with Gasteiger partial charge < -0.3 is 10.2 Å². The molecule has 9 nitrogen and oxygen atoms in total. The quantitative estimate of drug-likeness (QED) is 0.424. The van der Waals surface area contributed by atoms with Gasteiger partial charge in [0.1, 0.15) is 5.54 Å². The summed E-state index contributed by atoms with van der Waals surface area (Å²) in [5, 5.41) is 42.5. The number of nitrogens with zero attached hydrogens (tertiary/aromatic N) is 5. The zero-order chi connectivity index (χ0) is 18.2. The first-order chi connectivity index (χ1) is 11.8. The fourth-order valence-corrected chi connectivity index (χ4v) is 2.40. The van der Waals surface area contributed by atoms with Gasteiger partial charge in [-0.15, -0.1) is 10.2 Å². The SMILES string of the molecule is CC(C)(c1ccccc1)n1nnc(-c2cc(O)c(O)c([N+](=O)[O-])c2)n1. The van der Waals surface area contributed by atoms with E-state index in [-0.39, 0.29) is 11.4 Å². The molecule has 0 fully saturated rings. The number of aromatic nitrogens is 4. The van der Waals surface area contributed by atoms with Crippen molar-refractivity contribution in [3.63, 3.8) is 0 Å². The van der Waals surface area contributed by atoms with Crippen molar-refractivity contribution in [2.45, 2.75) is 19.4 Å². The lowest BCUT2D eigenvalue weighted by atomic mass is 9.95. The number of phenols is 2. The van der Waals surface area contributed by atoms with Gasteiger partial charge in [0.25, 0.3) is 0 Å². The third-order valence-electron chi connectivity index (χ3n) is 3.92. The van der Waals surface area contributed by atoms with Crippen LogP contribution in [0.1, 0.15) is 19.4 Å². The summed E-state index contributed by atoms with van der Waals surface area (Å²) in [7, 11) is 0. The number of aromatic hydroxyl groups is 2. The van der Waals surface area contributed by atoms with Crippen LogP contribution in [0.25, 0.3) is 11.4 Å². The molecule has 1 aromatic heterocycles. The van der Waals surface area contributed by atoms with Gasteiger partial charge in [-0.2, -0.15) is 4.80 Å². The summed E-state index contributed by atoms with van der Waals surface area (Å²) < 4.78 is 0. The summed E-state index contributed by atoms with van der Waals surface area (Å²) in [6, 6.07) is 11.8. The van der Waals surface area contributed by atoms with Crippen molar-refractivity contribution in [3.05, 3.63) is 58.1 Å². The van der Waals surface area contributed by atoms with Crippen LogP contribution in [0.2, 0.25) is 0 Å². The van der Waals surface area contributed by atoms with Crippen LogP contribution in [0, 0.1) is 10.1 Å². The molecule has 0 saturated carbocycles. The Labute approximate surface area is 142 Å². The van der Waals surface area contributed by atoms with Gasteiger partial charge in [0, 0.05) is 11.6 Å². The number of tetrazole rings is 1. The zero-order valence-electron chi connectivity index (χ0n) is 13.5. The van der Waals surface area contributed by atoms with Crippen LogP contribution < -0.4 is 0 Å². The Bertz CT molecular complexity index is 937. The van der Waals surface area contributed by atoms with Crippen molar-refractivity contribution in [2.75, 3.05) is 0 Å². The highest BCUT2D eigenvalue weighted by Crippen LogP contribution is 2.38. The predicted molar refractivity (Wildman–Crippen MR) is 88.1 cm³/mol. The molecular weight excluding hydrogens is 326 g/mol. The van der Waals surface area contributed by atoms with Crippen LogP contribution in [-0.2, 0) is 5.54 Å². The first-order valence-electron chi connectivity index (χ1n) is 7.37. The summed E-state index contributed by atoms with van der Waals surface area (Å²) in [4.78, 5) is 11.6. The van der Waals surface area contributed by atoms with Gasteiger partial charge in [0.05, 0.1) is 4.92 Å². The molecule has 0 radical (unpaired) electrons. The number of hydrogen-bond donors (Lipinski definition) is 2. The van der Waals surface area contributed by atoms with E-state index in [4.69, 9.17) is 0 Å². The van der Waals surface area contributed by atoms with E-state index in [0.717, 1.165) is 17.7 Å². The predicted octanol–water partition coefficient (Wildman–Crippen LogP) is 2.44. The number of hydrogen-bond acceptors (Lipinski definition) is 7. The van der Waals surface area contributed by atoms with Crippen molar-refractivity contribution in [3.8, 4) is 22.9 Å². The van der Waals surface area contributed by atoms with Crippen LogP contribution in [-0.4, -0.2) is 35.3 Å². The van der Waals surface area contributed by atoms with Crippen molar-refractivity contribution < 1.29 is 15.1 Å². The maximum Gasteiger partial charge on any atom is 0.315 e. The van der Waals surface area contributed by atoms with Crippen molar-refractivity contribution in [1.82, 2.24) is 20.2 Å². The van der Waals surface area contributed by atoms with Gasteiger partial charge in [-0.1, -0.05) is 30.3 Å². The van der Waals surface area contributed by atoms with E-state index >= 15 is 0 Å². The number of benzene rings is 2. The van der Waals surface area contributed by atoms with Crippen LogP contribution in [0.3, 0.4) is 0 Å².